The lowest BCUT2D eigenvalue weighted by molar-refractivity contribution is -0.384. The fourth-order valence-electron chi connectivity index (χ4n) is 2.30. The summed E-state index contributed by atoms with van der Waals surface area (Å²) >= 11 is 3.47. The number of piperazine rings is 1. The Morgan fingerprint density at radius 1 is 1.26 bits per heavy atom. The van der Waals surface area contributed by atoms with Crippen molar-refractivity contribution in [3.05, 3.63) is 38.3 Å². The summed E-state index contributed by atoms with van der Waals surface area (Å²) in [5.41, 5.74) is 1.14. The molecular formula is C13H18BrN3O2. The highest BCUT2D eigenvalue weighted by molar-refractivity contribution is 9.10. The second-order valence-electron chi connectivity index (χ2n) is 4.74. The third-order valence-corrected chi connectivity index (χ3v) is 4.32. The monoisotopic (exact) mass is 327 g/mol. The second-order valence-corrected chi connectivity index (χ2v) is 5.60. The maximum absolute atomic E-state index is 10.8. The van der Waals surface area contributed by atoms with Crippen LogP contribution in [0.1, 0.15) is 12.5 Å². The molecule has 6 heteroatoms. The van der Waals surface area contributed by atoms with E-state index in [0.29, 0.717) is 0 Å². The SMILES string of the molecule is CCN1CCN(Cc2cc([N+](=O)[O-])ccc2Br)CC1. The molecule has 5 nitrogen and oxygen atoms in total. The van der Waals surface area contributed by atoms with Crippen molar-refractivity contribution in [2.24, 2.45) is 0 Å². The fourth-order valence-corrected chi connectivity index (χ4v) is 2.67. The normalized spacial score (nSPS) is 17.6. The van der Waals surface area contributed by atoms with Gasteiger partial charge in [-0.2, -0.15) is 0 Å². The van der Waals surface area contributed by atoms with E-state index in [1.165, 1.54) is 6.07 Å². The van der Waals surface area contributed by atoms with Crippen molar-refractivity contribution in [2.45, 2.75) is 13.5 Å². The van der Waals surface area contributed by atoms with E-state index >= 15 is 0 Å². The van der Waals surface area contributed by atoms with E-state index in [4.69, 9.17) is 0 Å². The minimum atomic E-state index is -0.342. The third kappa shape index (κ3) is 3.75. The smallest absolute Gasteiger partial charge is 0.269 e. The van der Waals surface area contributed by atoms with E-state index in [1.807, 2.05) is 0 Å². The zero-order valence-electron chi connectivity index (χ0n) is 11.0. The van der Waals surface area contributed by atoms with E-state index in [9.17, 15) is 10.1 Å². The number of nitro groups is 1. The minimum Gasteiger partial charge on any atom is -0.301 e. The van der Waals surface area contributed by atoms with Crippen LogP contribution in [0, 0.1) is 10.1 Å². The van der Waals surface area contributed by atoms with Crippen LogP contribution >= 0.6 is 15.9 Å². The minimum absolute atomic E-state index is 0.158. The lowest BCUT2D eigenvalue weighted by Gasteiger charge is -2.34. The van der Waals surface area contributed by atoms with Gasteiger partial charge in [-0.05, 0) is 18.2 Å². The molecule has 0 N–H and O–H groups in total. The van der Waals surface area contributed by atoms with Gasteiger partial charge in [0.2, 0.25) is 0 Å². The molecule has 1 aliphatic rings. The van der Waals surface area contributed by atoms with Crippen molar-refractivity contribution >= 4 is 21.6 Å². The van der Waals surface area contributed by atoms with Gasteiger partial charge in [0.25, 0.3) is 5.69 Å². The molecule has 1 heterocycles. The van der Waals surface area contributed by atoms with Gasteiger partial charge in [-0.25, -0.2) is 0 Å². The average Bonchev–Trinajstić information content (AvgIpc) is 2.42. The van der Waals surface area contributed by atoms with Gasteiger partial charge < -0.3 is 4.90 Å². The van der Waals surface area contributed by atoms with Gasteiger partial charge in [0.05, 0.1) is 4.92 Å². The van der Waals surface area contributed by atoms with E-state index in [0.717, 1.165) is 49.3 Å². The molecule has 1 aromatic carbocycles. The van der Waals surface area contributed by atoms with E-state index < -0.39 is 0 Å². The van der Waals surface area contributed by atoms with Gasteiger partial charge in [0.1, 0.15) is 0 Å². The number of nitro benzene ring substituents is 1. The molecule has 1 aromatic rings. The molecule has 2 rings (SSSR count). The molecule has 0 aliphatic carbocycles. The molecule has 0 aromatic heterocycles. The summed E-state index contributed by atoms with van der Waals surface area (Å²) in [6.45, 7) is 8.21. The Hall–Kier alpha value is -0.980. The Morgan fingerprint density at radius 2 is 1.89 bits per heavy atom. The van der Waals surface area contributed by atoms with E-state index in [2.05, 4.69) is 32.7 Å². The van der Waals surface area contributed by atoms with Crippen LogP contribution < -0.4 is 0 Å². The summed E-state index contributed by atoms with van der Waals surface area (Å²) in [6.07, 6.45) is 0. The van der Waals surface area contributed by atoms with Gasteiger partial charge in [-0.3, -0.25) is 15.0 Å². The van der Waals surface area contributed by atoms with E-state index in [-0.39, 0.29) is 10.6 Å². The van der Waals surface area contributed by atoms with Crippen LogP contribution in [0.2, 0.25) is 0 Å². The molecule has 0 bridgehead atoms. The van der Waals surface area contributed by atoms with Crippen molar-refractivity contribution in [1.82, 2.24) is 9.80 Å². The molecule has 0 radical (unpaired) electrons. The van der Waals surface area contributed by atoms with Crippen LogP contribution in [0.5, 0.6) is 0 Å². The van der Waals surface area contributed by atoms with E-state index in [1.54, 1.807) is 12.1 Å². The molecule has 0 spiro atoms. The molecule has 1 fully saturated rings. The molecule has 0 unspecified atom stereocenters. The maximum Gasteiger partial charge on any atom is 0.269 e. The topological polar surface area (TPSA) is 49.6 Å². The van der Waals surface area contributed by atoms with Crippen molar-refractivity contribution in [3.63, 3.8) is 0 Å². The lowest BCUT2D eigenvalue weighted by atomic mass is 10.1. The molecule has 104 valence electrons. The highest BCUT2D eigenvalue weighted by Crippen LogP contribution is 2.24. The number of benzene rings is 1. The molecule has 0 amide bonds. The molecular weight excluding hydrogens is 310 g/mol. The summed E-state index contributed by atoms with van der Waals surface area (Å²) in [5.74, 6) is 0. The van der Waals surface area contributed by atoms with Gasteiger partial charge in [-0.15, -0.1) is 0 Å². The Kier molecular flexibility index (Phi) is 4.90. The number of halogens is 1. The molecule has 19 heavy (non-hydrogen) atoms. The Balaban J connectivity index is 2.03. The van der Waals surface area contributed by atoms with Crippen LogP contribution in [-0.2, 0) is 6.54 Å². The van der Waals surface area contributed by atoms with Gasteiger partial charge in [0, 0.05) is 49.3 Å². The first-order chi connectivity index (χ1) is 9.10. The largest absolute Gasteiger partial charge is 0.301 e. The van der Waals surface area contributed by atoms with Gasteiger partial charge >= 0.3 is 0 Å². The number of hydrogen-bond donors (Lipinski definition) is 0. The van der Waals surface area contributed by atoms with Crippen molar-refractivity contribution in [3.8, 4) is 0 Å². The number of likely N-dealkylation sites (N-methyl/N-ethyl adjacent to an activating group) is 1. The predicted molar refractivity (Wildman–Crippen MR) is 78.2 cm³/mol. The zero-order valence-corrected chi connectivity index (χ0v) is 12.6. The summed E-state index contributed by atoms with van der Waals surface area (Å²) in [5, 5.41) is 10.8. The van der Waals surface area contributed by atoms with Crippen LogP contribution in [0.3, 0.4) is 0 Å². The summed E-state index contributed by atoms with van der Waals surface area (Å²) in [6, 6.07) is 4.95. The lowest BCUT2D eigenvalue weighted by Crippen LogP contribution is -2.45. The second kappa shape index (κ2) is 6.45. The summed E-state index contributed by atoms with van der Waals surface area (Å²) < 4.78 is 0.941. The Bertz CT molecular complexity index is 459. The first-order valence-electron chi connectivity index (χ1n) is 6.47. The predicted octanol–water partition coefficient (Wildman–Crippen LogP) is 2.49. The third-order valence-electron chi connectivity index (χ3n) is 3.55. The summed E-state index contributed by atoms with van der Waals surface area (Å²) in [7, 11) is 0. The molecule has 1 saturated heterocycles. The fraction of sp³-hybridized carbons (Fsp3) is 0.538. The molecule has 1 aliphatic heterocycles. The van der Waals surface area contributed by atoms with Crippen molar-refractivity contribution < 1.29 is 4.92 Å². The maximum atomic E-state index is 10.8. The number of nitrogens with zero attached hydrogens (tertiary/aromatic N) is 3. The molecule has 0 atom stereocenters. The number of rotatable bonds is 4. The van der Waals surface area contributed by atoms with Crippen LogP contribution in [0.25, 0.3) is 0 Å². The standard InChI is InChI=1S/C13H18BrN3O2/c1-2-15-5-7-16(8-6-15)10-11-9-12(17(18)19)3-4-13(11)14/h3-4,9H,2,5-8,10H2,1H3. The van der Waals surface area contributed by atoms with Gasteiger partial charge in [-0.1, -0.05) is 22.9 Å². The number of non-ortho nitro benzene ring substituents is 1. The highest BCUT2D eigenvalue weighted by Gasteiger charge is 2.17. The quantitative estimate of drug-likeness (QED) is 0.629. The van der Waals surface area contributed by atoms with Crippen molar-refractivity contribution in [1.29, 1.82) is 0 Å². The first-order valence-corrected chi connectivity index (χ1v) is 7.27. The average molecular weight is 328 g/mol. The summed E-state index contributed by atoms with van der Waals surface area (Å²) in [4.78, 5) is 15.2. The van der Waals surface area contributed by atoms with Gasteiger partial charge in [0.15, 0.2) is 0 Å². The highest BCUT2D eigenvalue weighted by atomic mass is 79.9. The first kappa shape index (κ1) is 14.4. The zero-order chi connectivity index (χ0) is 13.8. The number of hydrogen-bond acceptors (Lipinski definition) is 4. The van der Waals surface area contributed by atoms with Crippen molar-refractivity contribution in [2.75, 3.05) is 32.7 Å². The van der Waals surface area contributed by atoms with Crippen LogP contribution in [0.4, 0.5) is 5.69 Å². The Labute approximate surface area is 121 Å². The van der Waals surface area contributed by atoms with Crippen LogP contribution in [-0.4, -0.2) is 47.4 Å². The molecule has 0 saturated carbocycles. The van der Waals surface area contributed by atoms with Crippen LogP contribution in [0.15, 0.2) is 22.7 Å². The Morgan fingerprint density at radius 3 is 2.47 bits per heavy atom.